The Morgan fingerprint density at radius 2 is 2.33 bits per heavy atom. The second kappa shape index (κ2) is 5.30. The molecule has 0 radical (unpaired) electrons. The lowest BCUT2D eigenvalue weighted by Crippen LogP contribution is -2.35. The second-order valence-corrected chi connectivity index (χ2v) is 4.86. The molecule has 1 aliphatic rings. The molecule has 1 aliphatic carbocycles. The lowest BCUT2D eigenvalue weighted by Gasteiger charge is -2.22. The Kier molecular flexibility index (Phi) is 3.76. The van der Waals surface area contributed by atoms with Crippen LogP contribution in [-0.2, 0) is 0 Å². The van der Waals surface area contributed by atoms with Crippen molar-refractivity contribution in [1.29, 1.82) is 0 Å². The Hall–Kier alpha value is -1.69. The van der Waals surface area contributed by atoms with E-state index >= 15 is 0 Å². The van der Waals surface area contributed by atoms with Gasteiger partial charge in [-0.15, -0.1) is 0 Å². The maximum atomic E-state index is 12.3. The fraction of sp³-hybridized carbons (Fsp3) is 0.417. The normalized spacial score (nSPS) is 14.2. The van der Waals surface area contributed by atoms with Gasteiger partial charge in [-0.1, -0.05) is 12.2 Å². The molecule has 2 rings (SSSR count). The summed E-state index contributed by atoms with van der Waals surface area (Å²) in [6.07, 6.45) is 5.25. The Morgan fingerprint density at radius 3 is 2.89 bits per heavy atom. The van der Waals surface area contributed by atoms with Gasteiger partial charge in [0.25, 0.3) is 5.91 Å². The van der Waals surface area contributed by atoms with Crippen molar-refractivity contribution < 1.29 is 9.90 Å². The number of thiocarbonyl (C=S) groups is 1. The summed E-state index contributed by atoms with van der Waals surface area (Å²) in [4.78, 5) is 18.2. The molecule has 1 amide bonds. The van der Waals surface area contributed by atoms with E-state index in [0.717, 1.165) is 12.8 Å². The predicted octanol–water partition coefficient (Wildman–Crippen LogP) is 1.07. The molecule has 96 valence electrons. The average Bonchev–Trinajstić information content (AvgIpc) is 3.13. The van der Waals surface area contributed by atoms with E-state index in [-0.39, 0.29) is 23.3 Å². The van der Waals surface area contributed by atoms with Gasteiger partial charge in [0, 0.05) is 25.2 Å². The van der Waals surface area contributed by atoms with Crippen LogP contribution in [0.5, 0.6) is 5.75 Å². The maximum absolute atomic E-state index is 12.3. The van der Waals surface area contributed by atoms with Crippen molar-refractivity contribution in [1.82, 2.24) is 9.88 Å². The third-order valence-electron chi connectivity index (χ3n) is 2.88. The zero-order valence-corrected chi connectivity index (χ0v) is 10.7. The molecule has 0 saturated heterocycles. The summed E-state index contributed by atoms with van der Waals surface area (Å²) in [7, 11) is 0. The highest BCUT2D eigenvalue weighted by Crippen LogP contribution is 2.29. The first kappa shape index (κ1) is 12.8. The molecule has 0 bridgehead atoms. The van der Waals surface area contributed by atoms with Crippen molar-refractivity contribution in [2.24, 2.45) is 5.73 Å². The number of pyridine rings is 1. The number of aromatic hydroxyl groups is 1. The van der Waals surface area contributed by atoms with Crippen molar-refractivity contribution >= 4 is 23.1 Å². The van der Waals surface area contributed by atoms with E-state index in [2.05, 4.69) is 4.98 Å². The zero-order chi connectivity index (χ0) is 13.1. The molecule has 18 heavy (non-hydrogen) atoms. The molecule has 0 aliphatic heterocycles. The van der Waals surface area contributed by atoms with Gasteiger partial charge < -0.3 is 15.7 Å². The standard InChI is InChI=1S/C12H15N3O2S/c13-11(18)4-6-15(8-1-2-8)12(17)9-3-5-14-7-10(9)16/h3,5,7-8,16H,1-2,4,6H2,(H2,13,18). The van der Waals surface area contributed by atoms with Gasteiger partial charge in [0.15, 0.2) is 0 Å². The second-order valence-electron chi connectivity index (χ2n) is 4.34. The molecule has 1 heterocycles. The third kappa shape index (κ3) is 2.95. The fourth-order valence-corrected chi connectivity index (χ4v) is 1.88. The van der Waals surface area contributed by atoms with E-state index in [1.165, 1.54) is 18.5 Å². The van der Waals surface area contributed by atoms with E-state index in [1.54, 1.807) is 4.90 Å². The van der Waals surface area contributed by atoms with Gasteiger partial charge in [-0.3, -0.25) is 9.78 Å². The Labute approximate surface area is 111 Å². The number of carbonyl (C=O) groups is 1. The first-order valence-corrected chi connectivity index (χ1v) is 6.22. The molecular formula is C12H15N3O2S. The van der Waals surface area contributed by atoms with Crippen LogP contribution in [0.2, 0.25) is 0 Å². The number of hydrogen-bond acceptors (Lipinski definition) is 4. The largest absolute Gasteiger partial charge is 0.505 e. The van der Waals surface area contributed by atoms with E-state index in [0.29, 0.717) is 18.0 Å². The lowest BCUT2D eigenvalue weighted by atomic mass is 10.2. The average molecular weight is 265 g/mol. The maximum Gasteiger partial charge on any atom is 0.257 e. The number of rotatable bonds is 5. The minimum atomic E-state index is -0.186. The fourth-order valence-electron chi connectivity index (χ4n) is 1.79. The summed E-state index contributed by atoms with van der Waals surface area (Å²) >= 11 is 4.83. The molecule has 5 nitrogen and oxygen atoms in total. The quantitative estimate of drug-likeness (QED) is 0.778. The molecule has 0 atom stereocenters. The number of aromatic nitrogens is 1. The molecule has 3 N–H and O–H groups in total. The molecule has 0 unspecified atom stereocenters. The molecule has 1 aromatic heterocycles. The highest BCUT2D eigenvalue weighted by Gasteiger charge is 2.33. The molecule has 6 heteroatoms. The molecule has 1 fully saturated rings. The monoisotopic (exact) mass is 265 g/mol. The summed E-state index contributed by atoms with van der Waals surface area (Å²) < 4.78 is 0. The molecule has 1 aromatic rings. The number of hydrogen-bond donors (Lipinski definition) is 2. The minimum Gasteiger partial charge on any atom is -0.505 e. The lowest BCUT2D eigenvalue weighted by molar-refractivity contribution is 0.0745. The minimum absolute atomic E-state index is 0.0940. The van der Waals surface area contributed by atoms with Crippen LogP contribution in [0.25, 0.3) is 0 Å². The van der Waals surface area contributed by atoms with Gasteiger partial charge in [0.05, 0.1) is 16.7 Å². The van der Waals surface area contributed by atoms with Crippen LogP contribution in [0.3, 0.4) is 0 Å². The first-order chi connectivity index (χ1) is 8.59. The van der Waals surface area contributed by atoms with E-state index in [9.17, 15) is 9.90 Å². The SMILES string of the molecule is NC(=S)CCN(C(=O)c1ccncc1O)C1CC1. The van der Waals surface area contributed by atoms with Gasteiger partial charge in [0.2, 0.25) is 0 Å². The van der Waals surface area contributed by atoms with Crippen LogP contribution in [-0.4, -0.2) is 38.5 Å². The molecular weight excluding hydrogens is 250 g/mol. The van der Waals surface area contributed by atoms with Crippen LogP contribution in [0.1, 0.15) is 29.6 Å². The van der Waals surface area contributed by atoms with Crippen molar-refractivity contribution in [3.05, 3.63) is 24.0 Å². The summed E-state index contributed by atoms with van der Waals surface area (Å²) in [5.74, 6) is -0.280. The topological polar surface area (TPSA) is 79.5 Å². The Morgan fingerprint density at radius 1 is 1.61 bits per heavy atom. The summed E-state index contributed by atoms with van der Waals surface area (Å²) in [6, 6.07) is 1.77. The van der Waals surface area contributed by atoms with Crippen LogP contribution >= 0.6 is 12.2 Å². The zero-order valence-electron chi connectivity index (χ0n) is 9.87. The predicted molar refractivity (Wildman–Crippen MR) is 71.4 cm³/mol. The number of amides is 1. The van der Waals surface area contributed by atoms with Crippen LogP contribution < -0.4 is 5.73 Å². The van der Waals surface area contributed by atoms with Crippen LogP contribution in [0, 0.1) is 0 Å². The summed E-state index contributed by atoms with van der Waals surface area (Å²) in [5.41, 5.74) is 5.74. The van der Waals surface area contributed by atoms with Crippen molar-refractivity contribution in [2.75, 3.05) is 6.54 Å². The Bertz CT molecular complexity index is 474. The van der Waals surface area contributed by atoms with Crippen LogP contribution in [0.15, 0.2) is 18.5 Å². The van der Waals surface area contributed by atoms with Crippen molar-refractivity contribution in [3.63, 3.8) is 0 Å². The van der Waals surface area contributed by atoms with Gasteiger partial charge in [-0.25, -0.2) is 0 Å². The third-order valence-corrected chi connectivity index (χ3v) is 3.08. The summed E-state index contributed by atoms with van der Waals surface area (Å²) in [5, 5.41) is 9.65. The van der Waals surface area contributed by atoms with Crippen LogP contribution in [0.4, 0.5) is 0 Å². The van der Waals surface area contributed by atoms with Gasteiger partial charge in [-0.05, 0) is 18.9 Å². The summed E-state index contributed by atoms with van der Waals surface area (Å²) in [6.45, 7) is 0.501. The van der Waals surface area contributed by atoms with Gasteiger partial charge >= 0.3 is 0 Å². The Balaban J connectivity index is 2.13. The van der Waals surface area contributed by atoms with Crippen molar-refractivity contribution in [3.8, 4) is 5.75 Å². The van der Waals surface area contributed by atoms with E-state index in [4.69, 9.17) is 18.0 Å². The van der Waals surface area contributed by atoms with Gasteiger partial charge in [-0.2, -0.15) is 0 Å². The van der Waals surface area contributed by atoms with Gasteiger partial charge in [0.1, 0.15) is 5.75 Å². The number of nitrogens with zero attached hydrogens (tertiary/aromatic N) is 2. The number of carbonyl (C=O) groups excluding carboxylic acids is 1. The van der Waals surface area contributed by atoms with E-state index < -0.39 is 0 Å². The van der Waals surface area contributed by atoms with Crippen molar-refractivity contribution in [2.45, 2.75) is 25.3 Å². The molecule has 0 aromatic carbocycles. The highest BCUT2D eigenvalue weighted by molar-refractivity contribution is 7.80. The smallest absolute Gasteiger partial charge is 0.257 e. The number of nitrogens with two attached hydrogens (primary N) is 1. The highest BCUT2D eigenvalue weighted by atomic mass is 32.1. The molecule has 0 spiro atoms. The molecule has 1 saturated carbocycles. The first-order valence-electron chi connectivity index (χ1n) is 5.82. The van der Waals surface area contributed by atoms with E-state index in [1.807, 2.05) is 0 Å².